The van der Waals surface area contributed by atoms with Crippen molar-refractivity contribution < 1.29 is 14.3 Å². The van der Waals surface area contributed by atoms with Crippen molar-refractivity contribution in [2.45, 2.75) is 31.6 Å². The Morgan fingerprint density at radius 3 is 2.35 bits per heavy atom. The molecule has 136 valence electrons. The SMILES string of the molecule is COc1ccc(OCC(=O)NN=C2CCC(c3ccccc3)CC2)cc1. The van der Waals surface area contributed by atoms with Gasteiger partial charge in [-0.15, -0.1) is 0 Å². The lowest BCUT2D eigenvalue weighted by Crippen LogP contribution is -2.26. The second kappa shape index (κ2) is 9.04. The molecule has 0 radical (unpaired) electrons. The number of nitrogens with one attached hydrogen (secondary N) is 1. The molecule has 0 bridgehead atoms. The number of hydrogen-bond donors (Lipinski definition) is 1. The van der Waals surface area contributed by atoms with Crippen LogP contribution in [-0.2, 0) is 4.79 Å². The van der Waals surface area contributed by atoms with Gasteiger partial charge in [0.25, 0.3) is 5.91 Å². The fourth-order valence-electron chi connectivity index (χ4n) is 3.12. The van der Waals surface area contributed by atoms with Crippen LogP contribution >= 0.6 is 0 Å². The van der Waals surface area contributed by atoms with Crippen LogP contribution in [0.5, 0.6) is 11.5 Å². The smallest absolute Gasteiger partial charge is 0.277 e. The van der Waals surface area contributed by atoms with E-state index in [4.69, 9.17) is 9.47 Å². The maximum atomic E-state index is 11.9. The number of carbonyl (C=O) groups excluding carboxylic acids is 1. The van der Waals surface area contributed by atoms with Crippen molar-refractivity contribution in [2.24, 2.45) is 5.10 Å². The maximum absolute atomic E-state index is 11.9. The number of hydrazone groups is 1. The van der Waals surface area contributed by atoms with Crippen LogP contribution in [0.25, 0.3) is 0 Å². The molecule has 26 heavy (non-hydrogen) atoms. The van der Waals surface area contributed by atoms with Crippen molar-refractivity contribution in [2.75, 3.05) is 13.7 Å². The molecule has 5 heteroatoms. The van der Waals surface area contributed by atoms with Crippen molar-refractivity contribution in [3.63, 3.8) is 0 Å². The molecule has 0 saturated heterocycles. The van der Waals surface area contributed by atoms with E-state index in [9.17, 15) is 4.79 Å². The Balaban J connectivity index is 1.41. The standard InChI is InChI=1S/C21H24N2O3/c1-25-19-11-13-20(14-12-19)26-15-21(24)23-22-18-9-7-17(8-10-18)16-5-3-2-4-6-16/h2-6,11-14,17H,7-10,15H2,1H3,(H,23,24). The number of hydrogen-bond acceptors (Lipinski definition) is 4. The van der Waals surface area contributed by atoms with Gasteiger partial charge in [0.1, 0.15) is 11.5 Å². The summed E-state index contributed by atoms with van der Waals surface area (Å²) in [7, 11) is 1.61. The van der Waals surface area contributed by atoms with E-state index in [0.29, 0.717) is 11.7 Å². The number of ether oxygens (including phenoxy) is 2. The molecular weight excluding hydrogens is 328 g/mol. The quantitative estimate of drug-likeness (QED) is 0.802. The highest BCUT2D eigenvalue weighted by Crippen LogP contribution is 2.31. The van der Waals surface area contributed by atoms with Crippen molar-refractivity contribution in [3.8, 4) is 11.5 Å². The summed E-state index contributed by atoms with van der Waals surface area (Å²) >= 11 is 0. The van der Waals surface area contributed by atoms with Crippen LogP contribution in [0.15, 0.2) is 59.7 Å². The minimum absolute atomic E-state index is 0.0598. The Bertz CT molecular complexity index is 732. The third kappa shape index (κ3) is 5.09. The zero-order valence-electron chi connectivity index (χ0n) is 15.0. The first-order valence-electron chi connectivity index (χ1n) is 8.90. The summed E-state index contributed by atoms with van der Waals surface area (Å²) in [5.41, 5.74) is 5.04. The van der Waals surface area contributed by atoms with Gasteiger partial charge < -0.3 is 9.47 Å². The fourth-order valence-corrected chi connectivity index (χ4v) is 3.12. The van der Waals surface area contributed by atoms with E-state index in [2.05, 4.69) is 34.8 Å². The number of carbonyl (C=O) groups is 1. The van der Waals surface area contributed by atoms with E-state index in [-0.39, 0.29) is 12.5 Å². The molecule has 2 aromatic carbocycles. The highest BCUT2D eigenvalue weighted by atomic mass is 16.5. The molecule has 1 amide bonds. The van der Waals surface area contributed by atoms with Crippen LogP contribution in [0.2, 0.25) is 0 Å². The summed E-state index contributed by atoms with van der Waals surface area (Å²) in [4.78, 5) is 11.9. The molecule has 0 spiro atoms. The minimum atomic E-state index is -0.251. The Labute approximate surface area is 154 Å². The van der Waals surface area contributed by atoms with Gasteiger partial charge in [0, 0.05) is 5.71 Å². The first-order chi connectivity index (χ1) is 12.7. The lowest BCUT2D eigenvalue weighted by Gasteiger charge is -2.23. The van der Waals surface area contributed by atoms with Crippen molar-refractivity contribution in [1.29, 1.82) is 0 Å². The summed E-state index contributed by atoms with van der Waals surface area (Å²) in [6, 6.07) is 17.7. The summed E-state index contributed by atoms with van der Waals surface area (Å²) in [5.74, 6) is 1.71. The van der Waals surface area contributed by atoms with Gasteiger partial charge in [-0.3, -0.25) is 4.79 Å². The van der Waals surface area contributed by atoms with Crippen LogP contribution in [0.3, 0.4) is 0 Å². The second-order valence-electron chi connectivity index (χ2n) is 6.36. The molecule has 2 aromatic rings. The monoisotopic (exact) mass is 352 g/mol. The number of amides is 1. The Morgan fingerprint density at radius 2 is 1.69 bits per heavy atom. The molecule has 0 aliphatic heterocycles. The van der Waals surface area contributed by atoms with Crippen LogP contribution in [0.1, 0.15) is 37.2 Å². The molecule has 0 heterocycles. The van der Waals surface area contributed by atoms with E-state index in [1.165, 1.54) is 5.56 Å². The van der Waals surface area contributed by atoms with Gasteiger partial charge in [0.2, 0.25) is 0 Å². The van der Waals surface area contributed by atoms with Gasteiger partial charge in [0.05, 0.1) is 7.11 Å². The summed E-state index contributed by atoms with van der Waals surface area (Å²) in [6.07, 6.45) is 3.97. The van der Waals surface area contributed by atoms with E-state index in [0.717, 1.165) is 37.1 Å². The topological polar surface area (TPSA) is 59.9 Å². The molecule has 1 N–H and O–H groups in total. The van der Waals surface area contributed by atoms with Crippen molar-refractivity contribution >= 4 is 11.6 Å². The predicted molar refractivity (Wildman–Crippen MR) is 102 cm³/mol. The molecule has 1 aliphatic rings. The number of nitrogens with zero attached hydrogens (tertiary/aromatic N) is 1. The third-order valence-electron chi connectivity index (χ3n) is 4.60. The molecule has 1 saturated carbocycles. The number of rotatable bonds is 6. The lowest BCUT2D eigenvalue weighted by atomic mass is 9.83. The third-order valence-corrected chi connectivity index (χ3v) is 4.60. The zero-order valence-corrected chi connectivity index (χ0v) is 15.0. The molecule has 0 aromatic heterocycles. The first kappa shape index (κ1) is 18.0. The van der Waals surface area contributed by atoms with Crippen molar-refractivity contribution in [1.82, 2.24) is 5.43 Å². The highest BCUT2D eigenvalue weighted by molar-refractivity contribution is 5.87. The van der Waals surface area contributed by atoms with E-state index < -0.39 is 0 Å². The average molecular weight is 352 g/mol. The van der Waals surface area contributed by atoms with Crippen LogP contribution in [-0.4, -0.2) is 25.3 Å². The second-order valence-corrected chi connectivity index (χ2v) is 6.36. The highest BCUT2D eigenvalue weighted by Gasteiger charge is 2.19. The minimum Gasteiger partial charge on any atom is -0.497 e. The Kier molecular flexibility index (Phi) is 6.25. The lowest BCUT2D eigenvalue weighted by molar-refractivity contribution is -0.123. The first-order valence-corrected chi connectivity index (χ1v) is 8.90. The Hall–Kier alpha value is -2.82. The molecule has 1 fully saturated rings. The molecule has 1 aliphatic carbocycles. The number of methoxy groups -OCH3 is 1. The number of benzene rings is 2. The van der Waals surface area contributed by atoms with E-state index >= 15 is 0 Å². The molecule has 0 atom stereocenters. The van der Waals surface area contributed by atoms with E-state index in [1.54, 1.807) is 31.4 Å². The predicted octanol–water partition coefficient (Wildman–Crippen LogP) is 3.90. The molecular formula is C21H24N2O3. The summed E-state index contributed by atoms with van der Waals surface area (Å²) in [6.45, 7) is -0.0598. The van der Waals surface area contributed by atoms with E-state index in [1.807, 2.05) is 6.07 Å². The maximum Gasteiger partial charge on any atom is 0.277 e. The van der Waals surface area contributed by atoms with Crippen LogP contribution in [0.4, 0.5) is 0 Å². The molecule has 0 unspecified atom stereocenters. The van der Waals surface area contributed by atoms with Crippen molar-refractivity contribution in [3.05, 3.63) is 60.2 Å². The van der Waals surface area contributed by atoms with Gasteiger partial charge in [-0.1, -0.05) is 30.3 Å². The van der Waals surface area contributed by atoms with Crippen LogP contribution in [0, 0.1) is 0 Å². The normalized spacial score (nSPS) is 16.7. The fraction of sp³-hybridized carbons (Fsp3) is 0.333. The van der Waals surface area contributed by atoms with Gasteiger partial charge in [-0.05, 0) is 61.4 Å². The van der Waals surface area contributed by atoms with Gasteiger partial charge >= 0.3 is 0 Å². The average Bonchev–Trinajstić information content (AvgIpc) is 2.72. The Morgan fingerprint density at radius 1 is 1.04 bits per heavy atom. The van der Waals surface area contributed by atoms with Gasteiger partial charge in [-0.2, -0.15) is 5.10 Å². The summed E-state index contributed by atoms with van der Waals surface area (Å²) in [5, 5.41) is 4.27. The van der Waals surface area contributed by atoms with Crippen LogP contribution < -0.4 is 14.9 Å². The molecule has 5 nitrogen and oxygen atoms in total. The zero-order chi connectivity index (χ0) is 18.2. The van der Waals surface area contributed by atoms with Gasteiger partial charge in [-0.25, -0.2) is 5.43 Å². The largest absolute Gasteiger partial charge is 0.497 e. The summed E-state index contributed by atoms with van der Waals surface area (Å²) < 4.78 is 10.5. The van der Waals surface area contributed by atoms with Gasteiger partial charge in [0.15, 0.2) is 6.61 Å². The molecule has 3 rings (SSSR count).